The normalized spacial score (nSPS) is 17.4. The van der Waals surface area contributed by atoms with Crippen LogP contribution >= 0.6 is 0 Å². The van der Waals surface area contributed by atoms with E-state index in [1.165, 1.54) is 14.2 Å². The van der Waals surface area contributed by atoms with Crippen LogP contribution in [0.4, 0.5) is 11.4 Å². The summed E-state index contributed by atoms with van der Waals surface area (Å²) in [6, 6.07) is 6.13. The van der Waals surface area contributed by atoms with Gasteiger partial charge in [0.25, 0.3) is 0 Å². The number of hydrogen-bond donors (Lipinski definition) is 0. The largest absolute Gasteiger partial charge is 0.465 e. The highest BCUT2D eigenvalue weighted by Crippen LogP contribution is 2.31. The van der Waals surface area contributed by atoms with Gasteiger partial charge in [-0.05, 0) is 49.9 Å². The molecular weight excluding hydrogens is 370 g/mol. The van der Waals surface area contributed by atoms with Crippen molar-refractivity contribution >= 4 is 23.3 Å². The highest BCUT2D eigenvalue weighted by molar-refractivity contribution is 6.05. The van der Waals surface area contributed by atoms with Gasteiger partial charge in [-0.15, -0.1) is 0 Å². The summed E-state index contributed by atoms with van der Waals surface area (Å²) in [4.78, 5) is 31.2. The topological polar surface area (TPSA) is 62.3 Å². The van der Waals surface area contributed by atoms with Gasteiger partial charge in [-0.1, -0.05) is 6.08 Å². The standard InChI is InChI=1S/C22H27N3O4/c1-16-15-17(24-13-11-23(2)12-14-24)8-9-19(16)25-10-6-5-7-18(21(26)28-3)20(25)22(27)29-4/h5-10,15H,11-14H2,1-4H3. The fourth-order valence-corrected chi connectivity index (χ4v) is 3.52. The predicted molar refractivity (Wildman–Crippen MR) is 113 cm³/mol. The van der Waals surface area contributed by atoms with E-state index in [2.05, 4.69) is 22.9 Å². The van der Waals surface area contributed by atoms with E-state index in [1.54, 1.807) is 29.3 Å². The van der Waals surface area contributed by atoms with Crippen molar-refractivity contribution < 1.29 is 19.1 Å². The maximum absolute atomic E-state index is 12.6. The monoisotopic (exact) mass is 397 g/mol. The van der Waals surface area contributed by atoms with E-state index in [4.69, 9.17) is 9.47 Å². The Balaban J connectivity index is 2.01. The zero-order valence-electron chi connectivity index (χ0n) is 17.3. The van der Waals surface area contributed by atoms with Gasteiger partial charge < -0.3 is 24.2 Å². The molecule has 2 aliphatic heterocycles. The lowest BCUT2D eigenvalue weighted by atomic mass is 10.1. The molecular formula is C22H27N3O4. The molecule has 1 saturated heterocycles. The van der Waals surface area contributed by atoms with Crippen LogP contribution in [0.15, 0.2) is 53.9 Å². The molecule has 0 bridgehead atoms. The molecule has 0 N–H and O–H groups in total. The Labute approximate surface area is 171 Å². The molecule has 0 radical (unpaired) electrons. The van der Waals surface area contributed by atoms with Crippen LogP contribution in [0.1, 0.15) is 5.56 Å². The summed E-state index contributed by atoms with van der Waals surface area (Å²) in [5.74, 6) is -1.20. The van der Waals surface area contributed by atoms with Crippen molar-refractivity contribution in [3.05, 3.63) is 59.5 Å². The van der Waals surface area contributed by atoms with Gasteiger partial charge in [0, 0.05) is 43.8 Å². The van der Waals surface area contributed by atoms with E-state index in [0.29, 0.717) is 0 Å². The Bertz CT molecular complexity index is 880. The number of carbonyl (C=O) groups excluding carboxylic acids is 2. The third-order valence-electron chi connectivity index (χ3n) is 5.20. The zero-order valence-corrected chi connectivity index (χ0v) is 17.3. The molecule has 1 aromatic rings. The molecule has 1 aromatic carbocycles. The fourth-order valence-electron chi connectivity index (χ4n) is 3.52. The summed E-state index contributed by atoms with van der Waals surface area (Å²) in [5.41, 5.74) is 3.20. The molecule has 7 heteroatoms. The highest BCUT2D eigenvalue weighted by atomic mass is 16.5. The Morgan fingerprint density at radius 3 is 2.28 bits per heavy atom. The van der Waals surface area contributed by atoms with Crippen molar-refractivity contribution in [2.75, 3.05) is 57.2 Å². The summed E-state index contributed by atoms with van der Waals surface area (Å²) in [5, 5.41) is 0. The number of likely N-dealkylation sites (N-methyl/N-ethyl adjacent to an activating group) is 1. The first kappa shape index (κ1) is 20.7. The first-order chi connectivity index (χ1) is 14.0. The quantitative estimate of drug-likeness (QED) is 0.722. The first-order valence-electron chi connectivity index (χ1n) is 9.55. The molecule has 0 atom stereocenters. The number of methoxy groups -OCH3 is 2. The molecule has 7 nitrogen and oxygen atoms in total. The lowest BCUT2D eigenvalue weighted by Gasteiger charge is -2.34. The van der Waals surface area contributed by atoms with Gasteiger partial charge >= 0.3 is 11.9 Å². The Hall–Kier alpha value is -3.06. The summed E-state index contributed by atoms with van der Waals surface area (Å²) in [7, 11) is 4.71. The molecule has 29 heavy (non-hydrogen) atoms. The molecule has 0 aromatic heterocycles. The fraction of sp³-hybridized carbons (Fsp3) is 0.364. The number of nitrogens with zero attached hydrogens (tertiary/aromatic N) is 3. The summed E-state index contributed by atoms with van der Waals surface area (Å²) < 4.78 is 9.83. The maximum Gasteiger partial charge on any atom is 0.355 e. The summed E-state index contributed by atoms with van der Waals surface area (Å²) in [6.07, 6.45) is 6.77. The molecule has 0 unspecified atom stereocenters. The van der Waals surface area contributed by atoms with E-state index in [0.717, 1.165) is 43.1 Å². The molecule has 1 fully saturated rings. The lowest BCUT2D eigenvalue weighted by Crippen LogP contribution is -2.44. The number of allylic oxidation sites excluding steroid dienone is 2. The van der Waals surface area contributed by atoms with Crippen molar-refractivity contribution in [3.8, 4) is 0 Å². The van der Waals surface area contributed by atoms with E-state index >= 15 is 0 Å². The van der Waals surface area contributed by atoms with Crippen molar-refractivity contribution in [2.45, 2.75) is 6.92 Å². The third-order valence-corrected chi connectivity index (χ3v) is 5.20. The van der Waals surface area contributed by atoms with Gasteiger partial charge in [0.2, 0.25) is 0 Å². The second kappa shape index (κ2) is 8.96. The van der Waals surface area contributed by atoms with Crippen LogP contribution < -0.4 is 9.80 Å². The molecule has 0 spiro atoms. The lowest BCUT2D eigenvalue weighted by molar-refractivity contribution is -0.139. The van der Waals surface area contributed by atoms with Crippen molar-refractivity contribution in [1.29, 1.82) is 0 Å². The summed E-state index contributed by atoms with van der Waals surface area (Å²) >= 11 is 0. The smallest absolute Gasteiger partial charge is 0.355 e. The number of aryl methyl sites for hydroxylation is 1. The number of piperazine rings is 1. The molecule has 0 aliphatic carbocycles. The van der Waals surface area contributed by atoms with Gasteiger partial charge in [0.15, 0.2) is 0 Å². The maximum atomic E-state index is 12.6. The van der Waals surface area contributed by atoms with Gasteiger partial charge in [-0.3, -0.25) is 0 Å². The molecule has 154 valence electrons. The van der Waals surface area contributed by atoms with Crippen molar-refractivity contribution in [3.63, 3.8) is 0 Å². The van der Waals surface area contributed by atoms with Crippen molar-refractivity contribution in [1.82, 2.24) is 4.90 Å². The molecule has 0 amide bonds. The van der Waals surface area contributed by atoms with Crippen LogP contribution in [-0.2, 0) is 19.1 Å². The number of rotatable bonds is 4. The zero-order chi connectivity index (χ0) is 21.0. The van der Waals surface area contributed by atoms with Crippen molar-refractivity contribution in [2.24, 2.45) is 0 Å². The van der Waals surface area contributed by atoms with Crippen LogP contribution in [0.25, 0.3) is 0 Å². The average molecular weight is 397 g/mol. The average Bonchev–Trinajstić information content (AvgIpc) is 2.96. The second-order valence-corrected chi connectivity index (χ2v) is 7.08. The number of anilines is 2. The van der Waals surface area contributed by atoms with Gasteiger partial charge in [-0.2, -0.15) is 0 Å². The number of esters is 2. The number of benzene rings is 1. The van der Waals surface area contributed by atoms with E-state index in [1.807, 2.05) is 19.1 Å². The van der Waals surface area contributed by atoms with Crippen LogP contribution in [0.5, 0.6) is 0 Å². The minimum atomic E-state index is -0.607. The number of ether oxygens (including phenoxy) is 2. The van der Waals surface area contributed by atoms with E-state index < -0.39 is 11.9 Å². The Morgan fingerprint density at radius 1 is 0.966 bits per heavy atom. The minimum absolute atomic E-state index is 0.125. The van der Waals surface area contributed by atoms with Crippen LogP contribution in [0, 0.1) is 6.92 Å². The molecule has 3 rings (SSSR count). The Kier molecular flexibility index (Phi) is 6.39. The highest BCUT2D eigenvalue weighted by Gasteiger charge is 2.28. The van der Waals surface area contributed by atoms with Gasteiger partial charge in [0.05, 0.1) is 19.8 Å². The predicted octanol–water partition coefficient (Wildman–Crippen LogP) is 2.24. The summed E-state index contributed by atoms with van der Waals surface area (Å²) in [6.45, 7) is 6.00. The molecule has 2 aliphatic rings. The van der Waals surface area contributed by atoms with Crippen LogP contribution in [-0.4, -0.2) is 64.3 Å². The van der Waals surface area contributed by atoms with Crippen LogP contribution in [0.2, 0.25) is 0 Å². The first-order valence-corrected chi connectivity index (χ1v) is 9.55. The molecule has 0 saturated carbocycles. The van der Waals surface area contributed by atoms with Gasteiger partial charge in [-0.25, -0.2) is 9.59 Å². The number of carbonyl (C=O) groups is 2. The van der Waals surface area contributed by atoms with Gasteiger partial charge in [0.1, 0.15) is 5.70 Å². The second-order valence-electron chi connectivity index (χ2n) is 7.08. The van der Waals surface area contributed by atoms with E-state index in [-0.39, 0.29) is 11.3 Å². The Morgan fingerprint density at radius 2 is 1.66 bits per heavy atom. The van der Waals surface area contributed by atoms with Crippen LogP contribution in [0.3, 0.4) is 0 Å². The molecule has 2 heterocycles. The third kappa shape index (κ3) is 4.35. The van der Waals surface area contributed by atoms with E-state index in [9.17, 15) is 9.59 Å². The minimum Gasteiger partial charge on any atom is -0.465 e. The number of hydrogen-bond acceptors (Lipinski definition) is 7. The SMILES string of the molecule is COC(=O)C1=C(C(=O)OC)N(c2ccc(N3CCN(C)CC3)cc2C)C=CC=C1.